The lowest BCUT2D eigenvalue weighted by molar-refractivity contribution is -0.577. The van der Waals surface area contributed by atoms with Gasteiger partial charge in [-0.1, -0.05) is 54.6 Å². The van der Waals surface area contributed by atoms with Gasteiger partial charge in [-0.15, -0.1) is 0 Å². The Hall–Kier alpha value is -3.59. The summed E-state index contributed by atoms with van der Waals surface area (Å²) in [6.45, 7) is 3.62. The second-order valence-corrected chi connectivity index (χ2v) is 11.1. The van der Waals surface area contributed by atoms with Gasteiger partial charge in [-0.2, -0.15) is 4.73 Å². The highest BCUT2D eigenvalue weighted by atomic mass is 19.3. The molecule has 4 atom stereocenters. The van der Waals surface area contributed by atoms with Gasteiger partial charge >= 0.3 is 0 Å². The minimum Gasteiger partial charge on any atom is -0.618 e. The summed E-state index contributed by atoms with van der Waals surface area (Å²) in [7, 11) is 0. The molecule has 0 bridgehead atoms. The van der Waals surface area contributed by atoms with Gasteiger partial charge < -0.3 is 15.1 Å². The van der Waals surface area contributed by atoms with Crippen molar-refractivity contribution in [1.82, 2.24) is 9.80 Å². The van der Waals surface area contributed by atoms with Gasteiger partial charge in [0, 0.05) is 44.9 Å². The Balaban J connectivity index is 1.03. The van der Waals surface area contributed by atoms with Gasteiger partial charge in [-0.25, -0.2) is 8.78 Å². The summed E-state index contributed by atoms with van der Waals surface area (Å²) in [4.78, 5) is 4.62. The van der Waals surface area contributed by atoms with E-state index in [0.29, 0.717) is 23.2 Å². The van der Waals surface area contributed by atoms with Crippen molar-refractivity contribution in [2.75, 3.05) is 39.3 Å². The third-order valence-corrected chi connectivity index (χ3v) is 8.74. The summed E-state index contributed by atoms with van der Waals surface area (Å²) in [5, 5.41) is 23.5. The second-order valence-electron chi connectivity index (χ2n) is 11.1. The van der Waals surface area contributed by atoms with Crippen LogP contribution in [-0.4, -0.2) is 66.3 Å². The van der Waals surface area contributed by atoms with Crippen LogP contribution < -0.4 is 9.47 Å². The van der Waals surface area contributed by atoms with Crippen molar-refractivity contribution in [3.05, 3.63) is 113 Å². The lowest BCUT2D eigenvalue weighted by Gasteiger charge is -2.41. The molecule has 1 N–H and O–H groups in total. The topological polar surface area (TPSA) is 62.9 Å². The van der Waals surface area contributed by atoms with E-state index in [2.05, 4.69) is 9.80 Å². The molecule has 206 valence electrons. The van der Waals surface area contributed by atoms with Gasteiger partial charge in [0.25, 0.3) is 5.92 Å². The molecule has 2 fully saturated rings. The number of hydrogen-bond acceptors (Lipinski definition) is 5. The number of ether oxygens (including phenoxy) is 1. The van der Waals surface area contributed by atoms with E-state index in [0.717, 1.165) is 53.2 Å². The maximum atomic E-state index is 15.0. The number of alkyl halides is 2. The molecule has 0 radical (unpaired) electrons. The number of aliphatic hydroxyl groups excluding tert-OH is 1. The number of aliphatic hydroxyl groups is 1. The van der Waals surface area contributed by atoms with Crippen LogP contribution >= 0.6 is 0 Å². The van der Waals surface area contributed by atoms with Crippen LogP contribution in [-0.2, 0) is 0 Å². The van der Waals surface area contributed by atoms with Crippen LogP contribution in [0.4, 0.5) is 8.78 Å². The number of fused-ring (bicyclic) bond motifs is 6. The maximum Gasteiger partial charge on any atom is 0.263 e. The van der Waals surface area contributed by atoms with E-state index < -0.39 is 23.9 Å². The molecule has 0 amide bonds. The van der Waals surface area contributed by atoms with E-state index in [9.17, 15) is 19.1 Å². The molecular weight excluding hydrogens is 512 g/mol. The fourth-order valence-corrected chi connectivity index (χ4v) is 6.80. The van der Waals surface area contributed by atoms with Crippen molar-refractivity contribution in [3.8, 4) is 5.75 Å². The van der Waals surface area contributed by atoms with Crippen molar-refractivity contribution in [1.29, 1.82) is 0 Å². The van der Waals surface area contributed by atoms with E-state index in [1.54, 1.807) is 24.3 Å². The number of aromatic nitrogens is 1. The van der Waals surface area contributed by atoms with E-state index in [-0.39, 0.29) is 12.6 Å². The van der Waals surface area contributed by atoms with Crippen LogP contribution in [0.5, 0.6) is 5.75 Å². The Morgan fingerprint density at radius 3 is 2.12 bits per heavy atom. The van der Waals surface area contributed by atoms with Crippen molar-refractivity contribution in [2.24, 2.45) is 0 Å². The van der Waals surface area contributed by atoms with E-state index in [1.807, 2.05) is 54.6 Å². The van der Waals surface area contributed by atoms with Crippen molar-refractivity contribution >= 4 is 10.9 Å². The fraction of sp³-hybridized carbons (Fsp3) is 0.344. The van der Waals surface area contributed by atoms with Crippen molar-refractivity contribution < 1.29 is 23.4 Å². The number of nitrogens with zero attached hydrogens (tertiary/aromatic N) is 3. The van der Waals surface area contributed by atoms with Gasteiger partial charge in [0.1, 0.15) is 18.5 Å². The van der Waals surface area contributed by atoms with E-state index >= 15 is 0 Å². The molecule has 1 unspecified atom stereocenters. The van der Waals surface area contributed by atoms with Gasteiger partial charge in [-0.3, -0.25) is 9.80 Å². The van der Waals surface area contributed by atoms with Crippen LogP contribution in [0.1, 0.15) is 40.1 Å². The predicted molar refractivity (Wildman–Crippen MR) is 148 cm³/mol. The Labute approximate surface area is 231 Å². The molecule has 7 rings (SSSR count). The van der Waals surface area contributed by atoms with Gasteiger partial charge in [0.2, 0.25) is 5.52 Å². The Kier molecular flexibility index (Phi) is 6.22. The lowest BCUT2D eigenvalue weighted by atomic mass is 9.90. The van der Waals surface area contributed by atoms with E-state index in [4.69, 9.17) is 4.74 Å². The zero-order valence-corrected chi connectivity index (χ0v) is 22.0. The van der Waals surface area contributed by atoms with E-state index in [1.165, 1.54) is 6.20 Å². The molecule has 2 heterocycles. The minimum atomic E-state index is -2.71. The van der Waals surface area contributed by atoms with Crippen LogP contribution in [0, 0.1) is 5.21 Å². The Bertz CT molecular complexity index is 1500. The molecule has 40 heavy (non-hydrogen) atoms. The van der Waals surface area contributed by atoms with Crippen molar-refractivity contribution in [3.63, 3.8) is 0 Å². The first-order valence-corrected chi connectivity index (χ1v) is 13.9. The molecule has 1 aromatic heterocycles. The van der Waals surface area contributed by atoms with Gasteiger partial charge in [-0.05, 0) is 34.4 Å². The molecule has 8 heteroatoms. The lowest BCUT2D eigenvalue weighted by Crippen LogP contribution is -2.50. The summed E-state index contributed by atoms with van der Waals surface area (Å²) in [5.41, 5.74) is 4.02. The average Bonchev–Trinajstić information content (AvgIpc) is 3.58. The monoisotopic (exact) mass is 543 g/mol. The SMILES string of the molecule is [O-][n+]1cccc2c(OC[C@H](O)CN3CCN(C4c5ccccc5[C@@H]5[C@H](c6ccccc64)C5(F)F)CC3)cccc21. The quantitative estimate of drug-likeness (QED) is 0.288. The summed E-state index contributed by atoms with van der Waals surface area (Å²) in [6, 6.07) is 24.2. The van der Waals surface area contributed by atoms with Crippen LogP contribution in [0.2, 0.25) is 0 Å². The second kappa shape index (κ2) is 9.80. The summed E-state index contributed by atoms with van der Waals surface area (Å²) in [6.07, 6.45) is 0.753. The molecule has 6 nitrogen and oxygen atoms in total. The van der Waals surface area contributed by atoms with Crippen molar-refractivity contribution in [2.45, 2.75) is 29.9 Å². The Morgan fingerprint density at radius 2 is 1.48 bits per heavy atom. The maximum absolute atomic E-state index is 15.0. The molecule has 1 saturated carbocycles. The Morgan fingerprint density at radius 1 is 0.850 bits per heavy atom. The molecule has 2 aliphatic carbocycles. The summed E-state index contributed by atoms with van der Waals surface area (Å²) >= 11 is 0. The molecule has 1 saturated heterocycles. The largest absolute Gasteiger partial charge is 0.618 e. The normalized spacial score (nSPS) is 24.4. The number of pyridine rings is 1. The molecule has 1 aliphatic heterocycles. The number of halogens is 2. The molecule has 3 aromatic carbocycles. The molecular formula is C32H31F2N3O3. The number of β-amino-alcohol motifs (C(OH)–C–C–N with tert-alkyl or cyclic N) is 1. The highest BCUT2D eigenvalue weighted by molar-refractivity contribution is 5.82. The molecule has 4 aromatic rings. The number of hydrogen-bond donors (Lipinski definition) is 1. The first-order valence-electron chi connectivity index (χ1n) is 13.9. The first-order chi connectivity index (χ1) is 19.4. The minimum absolute atomic E-state index is 0.0680. The molecule has 0 spiro atoms. The van der Waals surface area contributed by atoms with Crippen LogP contribution in [0.15, 0.2) is 85.1 Å². The third-order valence-electron chi connectivity index (χ3n) is 8.74. The highest BCUT2D eigenvalue weighted by Crippen LogP contribution is 2.70. The van der Waals surface area contributed by atoms with Gasteiger partial charge in [0.05, 0.1) is 23.3 Å². The van der Waals surface area contributed by atoms with Crippen LogP contribution in [0.3, 0.4) is 0 Å². The summed E-state index contributed by atoms with van der Waals surface area (Å²) < 4.78 is 36.7. The standard InChI is InChI=1S/C32H31F2N3O3/c33-32(34)29-22-7-1-3-9-24(22)31(25-10-4-2-8-23(25)30(29)32)36-17-15-35(16-18-36)19-21(38)20-40-28-13-5-12-27-26(28)11-6-14-37(27)39/h1-14,21,29-31,38H,15-20H2/t21-,29-,30+,31?/m1/s1. The first kappa shape index (κ1) is 25.4. The fourth-order valence-electron chi connectivity index (χ4n) is 6.80. The number of benzene rings is 3. The predicted octanol–water partition coefficient (Wildman–Crippen LogP) is 4.45. The third kappa shape index (κ3) is 4.22. The van der Waals surface area contributed by atoms with Crippen LogP contribution in [0.25, 0.3) is 10.9 Å². The van der Waals surface area contributed by atoms with Gasteiger partial charge in [0.15, 0.2) is 6.20 Å². The summed E-state index contributed by atoms with van der Waals surface area (Å²) in [5.74, 6) is -3.66. The zero-order valence-electron chi connectivity index (χ0n) is 22.0. The number of piperazine rings is 1. The molecule has 3 aliphatic rings. The number of rotatable bonds is 6. The smallest absolute Gasteiger partial charge is 0.263 e. The average molecular weight is 544 g/mol. The highest BCUT2D eigenvalue weighted by Gasteiger charge is 2.71. The zero-order chi connectivity index (χ0) is 27.4.